The molecule has 3 nitrogen and oxygen atoms in total. The first-order chi connectivity index (χ1) is 7.18. The van der Waals surface area contributed by atoms with Crippen molar-refractivity contribution in [2.45, 2.75) is 19.1 Å². The van der Waals surface area contributed by atoms with E-state index in [0.29, 0.717) is 5.56 Å². The summed E-state index contributed by atoms with van der Waals surface area (Å²) in [6, 6.07) is 9.52. The van der Waals surface area contributed by atoms with Crippen LogP contribution in [0.3, 0.4) is 0 Å². The highest BCUT2D eigenvalue weighted by atomic mass is 16.3. The van der Waals surface area contributed by atoms with Crippen LogP contribution in [0.4, 0.5) is 0 Å². The van der Waals surface area contributed by atoms with Crippen molar-refractivity contribution >= 4 is 10.9 Å². The Morgan fingerprint density at radius 1 is 1.20 bits per heavy atom. The number of hydrogen-bond acceptors (Lipinski definition) is 3. The van der Waals surface area contributed by atoms with Gasteiger partial charge in [-0.05, 0) is 19.1 Å². The summed E-state index contributed by atoms with van der Waals surface area (Å²) in [4.78, 5) is 4.21. The highest BCUT2D eigenvalue weighted by molar-refractivity contribution is 5.78. The van der Waals surface area contributed by atoms with Crippen LogP contribution in [-0.2, 0) is 0 Å². The lowest BCUT2D eigenvalue weighted by Gasteiger charge is -2.13. The minimum Gasteiger partial charge on any atom is -0.390 e. The smallest absolute Gasteiger partial charge is 0.106 e. The van der Waals surface area contributed by atoms with Crippen LogP contribution in [-0.4, -0.2) is 21.3 Å². The highest BCUT2D eigenvalue weighted by Gasteiger charge is 2.13. The van der Waals surface area contributed by atoms with Crippen LogP contribution < -0.4 is 0 Å². The molecule has 2 unspecified atom stereocenters. The van der Waals surface area contributed by atoms with E-state index in [1.165, 1.54) is 0 Å². The molecule has 3 heteroatoms. The minimum atomic E-state index is -0.873. The number of fused-ring (bicyclic) bond motifs is 1. The molecule has 2 atom stereocenters. The molecule has 15 heavy (non-hydrogen) atoms. The van der Waals surface area contributed by atoms with Gasteiger partial charge in [-0.25, -0.2) is 0 Å². The molecule has 0 bridgehead atoms. The Balaban J connectivity index is 2.47. The summed E-state index contributed by atoms with van der Waals surface area (Å²) in [5.41, 5.74) is 1.53. The number of pyridine rings is 1. The van der Waals surface area contributed by atoms with Crippen molar-refractivity contribution in [3.8, 4) is 0 Å². The Bertz CT molecular complexity index is 468. The molecule has 0 aliphatic rings. The van der Waals surface area contributed by atoms with E-state index in [9.17, 15) is 10.2 Å². The van der Waals surface area contributed by atoms with Crippen LogP contribution in [0, 0.1) is 0 Å². The molecule has 2 aromatic rings. The second-order valence-electron chi connectivity index (χ2n) is 3.65. The van der Waals surface area contributed by atoms with E-state index in [4.69, 9.17) is 0 Å². The summed E-state index contributed by atoms with van der Waals surface area (Å²) >= 11 is 0. The molecular formula is C12H13NO2. The van der Waals surface area contributed by atoms with Crippen molar-refractivity contribution in [1.82, 2.24) is 4.98 Å². The fraction of sp³-hybridized carbons (Fsp3) is 0.250. The molecule has 2 rings (SSSR count). The zero-order valence-electron chi connectivity index (χ0n) is 8.46. The first-order valence-corrected chi connectivity index (χ1v) is 4.89. The molecule has 0 saturated heterocycles. The zero-order chi connectivity index (χ0) is 10.8. The van der Waals surface area contributed by atoms with E-state index in [2.05, 4.69) is 4.98 Å². The second-order valence-corrected chi connectivity index (χ2v) is 3.65. The molecule has 2 N–H and O–H groups in total. The average molecular weight is 203 g/mol. The summed E-state index contributed by atoms with van der Waals surface area (Å²) in [6.45, 7) is 1.56. The van der Waals surface area contributed by atoms with Crippen LogP contribution in [0.1, 0.15) is 18.6 Å². The molecule has 0 radical (unpaired) electrons. The average Bonchev–Trinajstić information content (AvgIpc) is 2.27. The van der Waals surface area contributed by atoms with E-state index in [0.717, 1.165) is 10.9 Å². The van der Waals surface area contributed by atoms with Crippen LogP contribution in [0.25, 0.3) is 10.9 Å². The second kappa shape index (κ2) is 3.96. The van der Waals surface area contributed by atoms with Gasteiger partial charge in [0.05, 0.1) is 11.6 Å². The van der Waals surface area contributed by atoms with Gasteiger partial charge in [-0.15, -0.1) is 0 Å². The van der Waals surface area contributed by atoms with Crippen LogP contribution in [0.2, 0.25) is 0 Å². The maximum Gasteiger partial charge on any atom is 0.106 e. The Morgan fingerprint density at radius 2 is 1.93 bits per heavy atom. The molecule has 0 aliphatic carbocycles. The van der Waals surface area contributed by atoms with Crippen molar-refractivity contribution in [2.75, 3.05) is 0 Å². The number of aliphatic hydroxyl groups excluding tert-OH is 2. The topological polar surface area (TPSA) is 53.4 Å². The van der Waals surface area contributed by atoms with Crippen molar-refractivity contribution in [3.63, 3.8) is 0 Å². The molecular weight excluding hydrogens is 190 g/mol. The normalized spacial score (nSPS) is 15.1. The maximum atomic E-state index is 9.67. The van der Waals surface area contributed by atoms with Crippen molar-refractivity contribution in [2.24, 2.45) is 0 Å². The van der Waals surface area contributed by atoms with Crippen molar-refractivity contribution in [1.29, 1.82) is 0 Å². The summed E-state index contributed by atoms with van der Waals surface area (Å²) < 4.78 is 0. The summed E-state index contributed by atoms with van der Waals surface area (Å²) in [6.07, 6.45) is -0.0604. The lowest BCUT2D eigenvalue weighted by molar-refractivity contribution is 0.0304. The molecule has 1 heterocycles. The third-order valence-corrected chi connectivity index (χ3v) is 2.41. The monoisotopic (exact) mass is 203 g/mol. The molecule has 0 amide bonds. The van der Waals surface area contributed by atoms with Crippen LogP contribution in [0.15, 0.2) is 36.5 Å². The number of aliphatic hydroxyl groups is 2. The molecule has 78 valence electrons. The zero-order valence-corrected chi connectivity index (χ0v) is 8.46. The standard InChI is InChI=1S/C12H13NO2/c1-8(14)12(15)10-6-9-4-2-3-5-11(9)13-7-10/h2-8,12,14-15H,1H3. The third kappa shape index (κ3) is 1.98. The Kier molecular flexibility index (Phi) is 2.66. The van der Waals surface area contributed by atoms with Gasteiger partial charge in [0.25, 0.3) is 0 Å². The van der Waals surface area contributed by atoms with Gasteiger partial charge in [-0.1, -0.05) is 18.2 Å². The summed E-state index contributed by atoms with van der Waals surface area (Å²) in [5.74, 6) is 0. The highest BCUT2D eigenvalue weighted by Crippen LogP contribution is 2.20. The Labute approximate surface area is 88.0 Å². The number of benzene rings is 1. The lowest BCUT2D eigenvalue weighted by Crippen LogP contribution is -2.13. The lowest BCUT2D eigenvalue weighted by atomic mass is 10.1. The van der Waals surface area contributed by atoms with Gasteiger partial charge in [0.1, 0.15) is 6.10 Å². The number of rotatable bonds is 2. The number of hydrogen-bond donors (Lipinski definition) is 2. The van der Waals surface area contributed by atoms with E-state index in [1.54, 1.807) is 13.1 Å². The Morgan fingerprint density at radius 3 is 2.67 bits per heavy atom. The largest absolute Gasteiger partial charge is 0.390 e. The minimum absolute atomic E-state index is 0.642. The number of para-hydroxylation sites is 1. The first-order valence-electron chi connectivity index (χ1n) is 4.89. The van der Waals surface area contributed by atoms with Crippen LogP contribution >= 0.6 is 0 Å². The molecule has 0 spiro atoms. The quantitative estimate of drug-likeness (QED) is 0.780. The molecule has 0 fully saturated rings. The predicted molar refractivity (Wildman–Crippen MR) is 58.4 cm³/mol. The molecule has 1 aromatic carbocycles. The summed E-state index contributed by atoms with van der Waals surface area (Å²) in [7, 11) is 0. The SMILES string of the molecule is CC(O)C(O)c1cnc2ccccc2c1. The predicted octanol–water partition coefficient (Wildman–Crippen LogP) is 1.65. The Hall–Kier alpha value is -1.45. The number of nitrogens with zero attached hydrogens (tertiary/aromatic N) is 1. The van der Waals surface area contributed by atoms with Gasteiger partial charge in [0.15, 0.2) is 0 Å². The van der Waals surface area contributed by atoms with E-state index in [-0.39, 0.29) is 0 Å². The fourth-order valence-corrected chi connectivity index (χ4v) is 1.53. The van der Waals surface area contributed by atoms with Gasteiger partial charge in [-0.2, -0.15) is 0 Å². The number of aromatic nitrogens is 1. The molecule has 0 saturated carbocycles. The van der Waals surface area contributed by atoms with Crippen LogP contribution in [0.5, 0.6) is 0 Å². The molecule has 1 aromatic heterocycles. The first kappa shape index (κ1) is 10.1. The van der Waals surface area contributed by atoms with Gasteiger partial charge in [0, 0.05) is 17.1 Å². The van der Waals surface area contributed by atoms with Crippen molar-refractivity contribution in [3.05, 3.63) is 42.1 Å². The van der Waals surface area contributed by atoms with Gasteiger partial charge >= 0.3 is 0 Å². The van der Waals surface area contributed by atoms with Gasteiger partial charge in [-0.3, -0.25) is 4.98 Å². The van der Waals surface area contributed by atoms with E-state index >= 15 is 0 Å². The van der Waals surface area contributed by atoms with Crippen molar-refractivity contribution < 1.29 is 10.2 Å². The van der Waals surface area contributed by atoms with E-state index < -0.39 is 12.2 Å². The van der Waals surface area contributed by atoms with E-state index in [1.807, 2.05) is 30.3 Å². The summed E-state index contributed by atoms with van der Waals surface area (Å²) in [5, 5.41) is 19.9. The fourth-order valence-electron chi connectivity index (χ4n) is 1.53. The van der Waals surface area contributed by atoms with Gasteiger partial charge < -0.3 is 10.2 Å². The van der Waals surface area contributed by atoms with Gasteiger partial charge in [0.2, 0.25) is 0 Å². The maximum absolute atomic E-state index is 9.67. The molecule has 0 aliphatic heterocycles. The third-order valence-electron chi connectivity index (χ3n) is 2.41.